The quantitative estimate of drug-likeness (QED) is 0.198. The van der Waals surface area contributed by atoms with Crippen LogP contribution in [0.3, 0.4) is 0 Å². The summed E-state index contributed by atoms with van der Waals surface area (Å²) in [7, 11) is 0. The summed E-state index contributed by atoms with van der Waals surface area (Å²) in [5.41, 5.74) is 0.743. The fourth-order valence-corrected chi connectivity index (χ4v) is 2.40. The van der Waals surface area contributed by atoms with E-state index in [1.807, 2.05) is 0 Å². The third-order valence-corrected chi connectivity index (χ3v) is 3.75. The lowest BCUT2D eigenvalue weighted by Crippen LogP contribution is -2.12. The zero-order chi connectivity index (χ0) is 23.7. The van der Waals surface area contributed by atoms with Crippen LogP contribution in [0.1, 0.15) is 0 Å². The lowest BCUT2D eigenvalue weighted by molar-refractivity contribution is -0.130. The third-order valence-electron chi connectivity index (χ3n) is 3.75. The predicted octanol–water partition coefficient (Wildman–Crippen LogP) is 3.51. The first kappa shape index (κ1) is 23.8. The number of ether oxygens (including phenoxy) is 4. The van der Waals surface area contributed by atoms with Crippen LogP contribution in [0.2, 0.25) is 0 Å². The van der Waals surface area contributed by atoms with Gasteiger partial charge >= 0.3 is 17.9 Å². The second-order valence-corrected chi connectivity index (χ2v) is 5.97. The molecule has 0 aliphatic rings. The predicted molar refractivity (Wildman–Crippen MR) is 116 cm³/mol. The number of hydrogen-bond donors (Lipinski definition) is 1. The van der Waals surface area contributed by atoms with Gasteiger partial charge in [-0.25, -0.2) is 14.4 Å². The van der Waals surface area contributed by atoms with Crippen molar-refractivity contribution in [2.24, 2.45) is 0 Å². The normalized spacial score (nSPS) is 10.8. The monoisotopic (exact) mass is 436 g/mol. The Labute approximate surface area is 184 Å². The molecule has 32 heavy (non-hydrogen) atoms. The zero-order valence-corrected chi connectivity index (χ0v) is 17.0. The molecule has 1 atom stereocenters. The van der Waals surface area contributed by atoms with Crippen LogP contribution < -0.4 is 18.9 Å². The van der Waals surface area contributed by atoms with E-state index in [0.29, 0.717) is 11.1 Å². The summed E-state index contributed by atoms with van der Waals surface area (Å²) in [6, 6.07) is 8.65. The van der Waals surface area contributed by atoms with Gasteiger partial charge in [-0.3, -0.25) is 0 Å². The van der Waals surface area contributed by atoms with Gasteiger partial charge in [0.25, 0.3) is 0 Å². The van der Waals surface area contributed by atoms with Crippen LogP contribution in [0, 0.1) is 0 Å². The number of aliphatic hydroxyl groups excluding tert-OH is 1. The Morgan fingerprint density at radius 1 is 0.750 bits per heavy atom. The molecular weight excluding hydrogens is 416 g/mol. The molecule has 0 spiro atoms. The Balaban J connectivity index is 2.61. The number of aliphatic hydroxyl groups is 1. The molecule has 0 radical (unpaired) electrons. The van der Waals surface area contributed by atoms with E-state index in [1.165, 1.54) is 36.4 Å². The van der Waals surface area contributed by atoms with E-state index >= 15 is 0 Å². The molecule has 0 aromatic heterocycles. The van der Waals surface area contributed by atoms with Gasteiger partial charge in [-0.15, -0.1) is 0 Å². The number of rotatable bonds is 10. The molecule has 0 bridgehead atoms. The van der Waals surface area contributed by atoms with E-state index in [9.17, 15) is 19.5 Å². The van der Waals surface area contributed by atoms with Crippen LogP contribution in [0.4, 0.5) is 0 Å². The van der Waals surface area contributed by atoms with Crippen molar-refractivity contribution in [3.63, 3.8) is 0 Å². The van der Waals surface area contributed by atoms with Gasteiger partial charge in [0, 0.05) is 35.9 Å². The summed E-state index contributed by atoms with van der Waals surface area (Å²) in [6.45, 7) is 13.5. The summed E-state index contributed by atoms with van der Waals surface area (Å²) in [4.78, 5) is 35.0. The Morgan fingerprint density at radius 3 is 1.91 bits per heavy atom. The largest absolute Gasteiger partial charge is 0.461 e. The molecule has 2 rings (SSSR count). The molecule has 0 aliphatic carbocycles. The maximum Gasteiger partial charge on any atom is 0.335 e. The van der Waals surface area contributed by atoms with E-state index in [4.69, 9.17) is 18.9 Å². The van der Waals surface area contributed by atoms with Crippen molar-refractivity contribution in [2.45, 2.75) is 6.29 Å². The van der Waals surface area contributed by atoms with Gasteiger partial charge < -0.3 is 24.1 Å². The number of esters is 3. The topological polar surface area (TPSA) is 108 Å². The van der Waals surface area contributed by atoms with Crippen LogP contribution in [0.5, 0.6) is 23.0 Å². The summed E-state index contributed by atoms with van der Waals surface area (Å²) in [6.07, 6.45) is 2.75. The maximum atomic E-state index is 11.8. The molecular formula is C24H20O8. The van der Waals surface area contributed by atoms with E-state index in [0.717, 1.165) is 24.3 Å². The van der Waals surface area contributed by atoms with Crippen molar-refractivity contribution in [3.8, 4) is 34.1 Å². The Bertz CT molecular complexity index is 1080. The van der Waals surface area contributed by atoms with Crippen molar-refractivity contribution in [1.82, 2.24) is 0 Å². The molecule has 0 saturated carbocycles. The molecule has 0 heterocycles. The fraction of sp³-hybridized carbons (Fsp3) is 0.0417. The van der Waals surface area contributed by atoms with Crippen LogP contribution >= 0.6 is 0 Å². The maximum absolute atomic E-state index is 11.8. The van der Waals surface area contributed by atoms with E-state index in [1.54, 1.807) is 0 Å². The van der Waals surface area contributed by atoms with Crippen LogP contribution in [-0.2, 0) is 14.4 Å². The van der Waals surface area contributed by atoms with Gasteiger partial charge in [0.15, 0.2) is 0 Å². The molecule has 8 heteroatoms. The minimum absolute atomic E-state index is 0.0201. The van der Waals surface area contributed by atoms with Crippen molar-refractivity contribution in [3.05, 3.63) is 87.0 Å². The zero-order valence-electron chi connectivity index (χ0n) is 17.0. The van der Waals surface area contributed by atoms with Gasteiger partial charge in [-0.05, 0) is 35.9 Å². The minimum Gasteiger partial charge on any atom is -0.461 e. The first-order valence-corrected chi connectivity index (χ1v) is 9.09. The van der Waals surface area contributed by atoms with E-state index in [2.05, 4.69) is 26.3 Å². The Morgan fingerprint density at radius 2 is 1.31 bits per heavy atom. The molecule has 0 aliphatic heterocycles. The fourth-order valence-electron chi connectivity index (χ4n) is 2.40. The second kappa shape index (κ2) is 11.1. The summed E-state index contributed by atoms with van der Waals surface area (Å²) in [5.74, 6) is -1.86. The minimum atomic E-state index is -1.33. The number of carbonyl (C=O) groups is 3. The van der Waals surface area contributed by atoms with Gasteiger partial charge in [0.1, 0.15) is 23.0 Å². The van der Waals surface area contributed by atoms with E-state index in [-0.39, 0.29) is 23.0 Å². The van der Waals surface area contributed by atoms with Gasteiger partial charge in [0.2, 0.25) is 6.29 Å². The summed E-state index contributed by atoms with van der Waals surface area (Å²) in [5, 5.41) is 9.74. The average molecular weight is 436 g/mol. The molecule has 0 amide bonds. The van der Waals surface area contributed by atoms with Crippen molar-refractivity contribution in [1.29, 1.82) is 0 Å². The standard InChI is InChI=1S/C24H20O8/c1-5-21(25)29-16-9-10-19(20(14-16)32-24(28)8-4)15-11-17(30-22(26)6-2)13-18(12-15)31-23(27)7-3/h5-14,22,26H,1-4H2. The number of hydrogen-bond acceptors (Lipinski definition) is 8. The molecule has 8 nitrogen and oxygen atoms in total. The molecule has 2 aromatic carbocycles. The van der Waals surface area contributed by atoms with E-state index < -0.39 is 24.2 Å². The lowest BCUT2D eigenvalue weighted by Gasteiger charge is -2.15. The smallest absolute Gasteiger partial charge is 0.335 e. The number of carbonyl (C=O) groups excluding carboxylic acids is 3. The lowest BCUT2D eigenvalue weighted by atomic mass is 10.0. The average Bonchev–Trinajstić information content (AvgIpc) is 2.78. The van der Waals surface area contributed by atoms with Gasteiger partial charge in [0.05, 0.1) is 0 Å². The highest BCUT2D eigenvalue weighted by molar-refractivity contribution is 5.87. The first-order chi connectivity index (χ1) is 15.3. The molecule has 164 valence electrons. The summed E-state index contributed by atoms with van der Waals surface area (Å²) < 4.78 is 20.8. The molecule has 2 aromatic rings. The van der Waals surface area contributed by atoms with Gasteiger partial charge in [-0.2, -0.15) is 0 Å². The molecule has 0 saturated heterocycles. The molecule has 0 fully saturated rings. The van der Waals surface area contributed by atoms with Crippen molar-refractivity contribution in [2.75, 3.05) is 0 Å². The Hall–Kier alpha value is -4.43. The number of benzene rings is 2. The first-order valence-electron chi connectivity index (χ1n) is 9.09. The Kier molecular flexibility index (Phi) is 8.27. The van der Waals surface area contributed by atoms with Crippen molar-refractivity contribution >= 4 is 17.9 Å². The second-order valence-electron chi connectivity index (χ2n) is 5.97. The highest BCUT2D eigenvalue weighted by Gasteiger charge is 2.16. The molecule has 1 N–H and O–H groups in total. The SMILES string of the molecule is C=CC(=O)Oc1cc(OC(O)C=C)cc(-c2ccc(OC(=O)C=C)cc2OC(=O)C=C)c1. The van der Waals surface area contributed by atoms with Crippen LogP contribution in [0.15, 0.2) is 87.0 Å². The van der Waals surface area contributed by atoms with Crippen molar-refractivity contribution < 1.29 is 38.4 Å². The van der Waals surface area contributed by atoms with Gasteiger partial charge in [-0.1, -0.05) is 26.3 Å². The third kappa shape index (κ3) is 6.54. The highest BCUT2D eigenvalue weighted by atomic mass is 16.6. The summed E-state index contributed by atoms with van der Waals surface area (Å²) >= 11 is 0. The highest BCUT2D eigenvalue weighted by Crippen LogP contribution is 2.38. The van der Waals surface area contributed by atoms with Crippen LogP contribution in [0.25, 0.3) is 11.1 Å². The van der Waals surface area contributed by atoms with Crippen LogP contribution in [-0.4, -0.2) is 29.3 Å². The molecule has 1 unspecified atom stereocenters.